The summed E-state index contributed by atoms with van der Waals surface area (Å²) in [6.07, 6.45) is 1.29. The first-order valence-corrected chi connectivity index (χ1v) is 6.74. The molecule has 1 atom stereocenters. The molecule has 0 N–H and O–H groups in total. The Morgan fingerprint density at radius 1 is 1.45 bits per heavy atom. The average molecular weight is 279 g/mol. The lowest BCUT2D eigenvalue weighted by atomic mass is 9.98. The molecule has 1 aromatic carbocycles. The molecule has 0 saturated carbocycles. The predicted octanol–water partition coefficient (Wildman–Crippen LogP) is 2.38. The van der Waals surface area contributed by atoms with E-state index >= 15 is 0 Å². The van der Waals surface area contributed by atoms with Gasteiger partial charge in [-0.2, -0.15) is 0 Å². The number of nitrogens with zero attached hydrogens (tertiary/aromatic N) is 1. The van der Waals surface area contributed by atoms with Crippen molar-refractivity contribution in [3.05, 3.63) is 35.6 Å². The highest BCUT2D eigenvalue weighted by atomic mass is 19.1. The van der Waals surface area contributed by atoms with Gasteiger partial charge in [-0.05, 0) is 44.9 Å². The van der Waals surface area contributed by atoms with Gasteiger partial charge in [0.15, 0.2) is 0 Å². The van der Waals surface area contributed by atoms with Crippen molar-refractivity contribution in [2.75, 3.05) is 13.2 Å². The Hall–Kier alpha value is -1.91. The third-order valence-corrected chi connectivity index (χ3v) is 3.67. The zero-order valence-corrected chi connectivity index (χ0v) is 11.7. The molecule has 1 heterocycles. The van der Waals surface area contributed by atoms with Gasteiger partial charge in [0, 0.05) is 12.1 Å². The van der Waals surface area contributed by atoms with Crippen LogP contribution in [-0.2, 0) is 9.53 Å². The van der Waals surface area contributed by atoms with Crippen LogP contribution in [0.4, 0.5) is 4.39 Å². The van der Waals surface area contributed by atoms with Gasteiger partial charge in [-0.25, -0.2) is 9.18 Å². The summed E-state index contributed by atoms with van der Waals surface area (Å²) in [4.78, 5) is 26.1. The van der Waals surface area contributed by atoms with E-state index in [-0.39, 0.29) is 18.1 Å². The molecule has 1 amide bonds. The van der Waals surface area contributed by atoms with Gasteiger partial charge in [-0.15, -0.1) is 0 Å². The molecule has 108 valence electrons. The minimum atomic E-state index is -0.959. The Bertz CT molecular complexity index is 532. The van der Waals surface area contributed by atoms with Crippen LogP contribution < -0.4 is 0 Å². The van der Waals surface area contributed by atoms with Crippen molar-refractivity contribution in [2.24, 2.45) is 0 Å². The summed E-state index contributed by atoms with van der Waals surface area (Å²) in [7, 11) is 0. The van der Waals surface area contributed by atoms with Crippen LogP contribution in [0.2, 0.25) is 0 Å². The zero-order valence-electron chi connectivity index (χ0n) is 11.7. The summed E-state index contributed by atoms with van der Waals surface area (Å²) in [5, 5.41) is 0. The first kappa shape index (κ1) is 14.5. The molecule has 1 aliphatic heterocycles. The van der Waals surface area contributed by atoms with Gasteiger partial charge >= 0.3 is 5.97 Å². The monoisotopic (exact) mass is 279 g/mol. The van der Waals surface area contributed by atoms with Crippen LogP contribution in [0.5, 0.6) is 0 Å². The molecule has 0 radical (unpaired) electrons. The molecular weight excluding hydrogens is 261 g/mol. The topological polar surface area (TPSA) is 46.6 Å². The highest BCUT2D eigenvalue weighted by Crippen LogP contribution is 2.31. The molecule has 0 bridgehead atoms. The molecular formula is C15H18FNO3. The number of halogens is 1. The predicted molar refractivity (Wildman–Crippen MR) is 71.7 cm³/mol. The summed E-state index contributed by atoms with van der Waals surface area (Å²) in [5.74, 6) is -1.20. The van der Waals surface area contributed by atoms with Crippen molar-refractivity contribution < 1.29 is 18.7 Å². The number of carbonyl (C=O) groups is 2. The standard InChI is InChI=1S/C15H18FNO3/c1-3-20-14(19)15(2)8-5-9-17(15)13(18)11-6-4-7-12(16)10-11/h4,6-7,10H,3,5,8-9H2,1-2H3. The van der Waals surface area contributed by atoms with E-state index in [0.29, 0.717) is 13.0 Å². The lowest BCUT2D eigenvalue weighted by Gasteiger charge is -2.32. The molecule has 1 saturated heterocycles. The summed E-state index contributed by atoms with van der Waals surface area (Å²) in [6, 6.07) is 5.51. The van der Waals surface area contributed by atoms with E-state index < -0.39 is 17.3 Å². The average Bonchev–Trinajstić information content (AvgIpc) is 2.81. The molecule has 2 rings (SSSR count). The molecule has 5 heteroatoms. The van der Waals surface area contributed by atoms with Gasteiger partial charge in [0.25, 0.3) is 5.91 Å². The Morgan fingerprint density at radius 2 is 2.20 bits per heavy atom. The first-order valence-electron chi connectivity index (χ1n) is 6.74. The Kier molecular flexibility index (Phi) is 4.06. The van der Waals surface area contributed by atoms with Crippen LogP contribution in [0.1, 0.15) is 37.0 Å². The molecule has 0 aromatic heterocycles. The maximum absolute atomic E-state index is 13.2. The highest BCUT2D eigenvalue weighted by Gasteiger charge is 2.47. The van der Waals surface area contributed by atoms with Crippen molar-refractivity contribution in [3.8, 4) is 0 Å². The largest absolute Gasteiger partial charge is 0.464 e. The van der Waals surface area contributed by atoms with E-state index in [2.05, 4.69) is 0 Å². The third kappa shape index (κ3) is 2.53. The maximum atomic E-state index is 13.2. The van der Waals surface area contributed by atoms with E-state index in [1.54, 1.807) is 19.9 Å². The van der Waals surface area contributed by atoms with Crippen LogP contribution in [0.3, 0.4) is 0 Å². The van der Waals surface area contributed by atoms with Gasteiger partial charge in [0.1, 0.15) is 11.4 Å². The fourth-order valence-corrected chi connectivity index (χ4v) is 2.56. The fourth-order valence-electron chi connectivity index (χ4n) is 2.56. The molecule has 20 heavy (non-hydrogen) atoms. The zero-order chi connectivity index (χ0) is 14.8. The van der Waals surface area contributed by atoms with E-state index in [9.17, 15) is 14.0 Å². The van der Waals surface area contributed by atoms with Crippen molar-refractivity contribution in [1.29, 1.82) is 0 Å². The van der Waals surface area contributed by atoms with Crippen LogP contribution in [-0.4, -0.2) is 35.5 Å². The Balaban J connectivity index is 2.26. The molecule has 4 nitrogen and oxygen atoms in total. The van der Waals surface area contributed by atoms with Gasteiger partial charge in [0.2, 0.25) is 0 Å². The van der Waals surface area contributed by atoms with Crippen LogP contribution >= 0.6 is 0 Å². The van der Waals surface area contributed by atoms with Gasteiger partial charge in [-0.3, -0.25) is 4.79 Å². The quantitative estimate of drug-likeness (QED) is 0.798. The highest BCUT2D eigenvalue weighted by molar-refractivity contribution is 5.98. The van der Waals surface area contributed by atoms with Crippen molar-refractivity contribution >= 4 is 11.9 Å². The second kappa shape index (κ2) is 5.61. The number of esters is 1. The third-order valence-electron chi connectivity index (χ3n) is 3.67. The SMILES string of the molecule is CCOC(=O)C1(C)CCCN1C(=O)c1cccc(F)c1. The van der Waals surface area contributed by atoms with Crippen molar-refractivity contribution in [1.82, 2.24) is 4.90 Å². The van der Waals surface area contributed by atoms with E-state index in [0.717, 1.165) is 6.42 Å². The number of hydrogen-bond donors (Lipinski definition) is 0. The molecule has 1 fully saturated rings. The summed E-state index contributed by atoms with van der Waals surface area (Å²) >= 11 is 0. The second-order valence-electron chi connectivity index (χ2n) is 5.07. The van der Waals surface area contributed by atoms with E-state index in [1.807, 2.05) is 0 Å². The molecule has 1 unspecified atom stereocenters. The maximum Gasteiger partial charge on any atom is 0.331 e. The minimum Gasteiger partial charge on any atom is -0.464 e. The molecule has 1 aliphatic rings. The summed E-state index contributed by atoms with van der Waals surface area (Å²) in [5.41, 5.74) is -0.707. The van der Waals surface area contributed by atoms with Crippen molar-refractivity contribution in [3.63, 3.8) is 0 Å². The number of benzene rings is 1. The van der Waals surface area contributed by atoms with Gasteiger partial charge in [-0.1, -0.05) is 6.07 Å². The Labute approximate surface area is 117 Å². The van der Waals surface area contributed by atoms with Crippen LogP contribution in [0.15, 0.2) is 24.3 Å². The number of likely N-dealkylation sites (tertiary alicyclic amines) is 1. The van der Waals surface area contributed by atoms with E-state index in [4.69, 9.17) is 4.74 Å². The lowest BCUT2D eigenvalue weighted by molar-refractivity contribution is -0.153. The summed E-state index contributed by atoms with van der Waals surface area (Å²) < 4.78 is 18.3. The molecule has 0 spiro atoms. The summed E-state index contributed by atoms with van der Waals surface area (Å²) in [6.45, 7) is 4.19. The van der Waals surface area contributed by atoms with Crippen LogP contribution in [0, 0.1) is 5.82 Å². The van der Waals surface area contributed by atoms with E-state index in [1.165, 1.54) is 23.1 Å². The lowest BCUT2D eigenvalue weighted by Crippen LogP contribution is -2.51. The first-order chi connectivity index (χ1) is 9.49. The normalized spacial score (nSPS) is 21.9. The van der Waals surface area contributed by atoms with Crippen LogP contribution in [0.25, 0.3) is 0 Å². The van der Waals surface area contributed by atoms with Crippen molar-refractivity contribution in [2.45, 2.75) is 32.2 Å². The fraction of sp³-hybridized carbons (Fsp3) is 0.467. The minimum absolute atomic E-state index is 0.252. The number of rotatable bonds is 3. The molecule has 0 aliphatic carbocycles. The Morgan fingerprint density at radius 3 is 2.85 bits per heavy atom. The number of hydrogen-bond acceptors (Lipinski definition) is 3. The number of ether oxygens (including phenoxy) is 1. The van der Waals surface area contributed by atoms with Gasteiger partial charge in [0.05, 0.1) is 6.61 Å². The number of carbonyl (C=O) groups excluding carboxylic acids is 2. The second-order valence-corrected chi connectivity index (χ2v) is 5.07. The number of amides is 1. The van der Waals surface area contributed by atoms with Gasteiger partial charge < -0.3 is 9.64 Å². The molecule has 1 aromatic rings. The smallest absolute Gasteiger partial charge is 0.331 e.